The largest absolute Gasteiger partial charge is 0.493 e. The smallest absolute Gasteiger partial charge is 0.250 e. The highest BCUT2D eigenvalue weighted by molar-refractivity contribution is 5.92. The molecular formula is C20H25N3O5. The molecule has 0 aliphatic heterocycles. The fourth-order valence-electron chi connectivity index (χ4n) is 2.47. The molecule has 2 amide bonds. The summed E-state index contributed by atoms with van der Waals surface area (Å²) in [5.74, 6) is 0.840. The average molecular weight is 387 g/mol. The van der Waals surface area contributed by atoms with Crippen molar-refractivity contribution in [2.75, 3.05) is 45.1 Å². The van der Waals surface area contributed by atoms with Gasteiger partial charge in [-0.3, -0.25) is 9.59 Å². The molecule has 0 saturated heterocycles. The van der Waals surface area contributed by atoms with Crippen molar-refractivity contribution in [1.29, 1.82) is 0 Å². The summed E-state index contributed by atoms with van der Waals surface area (Å²) in [6, 6.07) is 12.6. The van der Waals surface area contributed by atoms with E-state index in [4.69, 9.17) is 14.2 Å². The van der Waals surface area contributed by atoms with Gasteiger partial charge < -0.3 is 30.2 Å². The molecule has 0 fully saturated rings. The minimum Gasteiger partial charge on any atom is -0.493 e. The van der Waals surface area contributed by atoms with E-state index in [1.807, 2.05) is 18.2 Å². The number of hydrogen-bond donors (Lipinski definition) is 3. The molecule has 0 unspecified atom stereocenters. The Kier molecular flexibility index (Phi) is 8.11. The Morgan fingerprint density at radius 1 is 0.893 bits per heavy atom. The van der Waals surface area contributed by atoms with Gasteiger partial charge in [-0.25, -0.2) is 0 Å². The van der Waals surface area contributed by atoms with E-state index < -0.39 is 0 Å². The lowest BCUT2D eigenvalue weighted by Crippen LogP contribution is -2.29. The molecule has 0 saturated carbocycles. The Morgan fingerprint density at radius 2 is 1.64 bits per heavy atom. The molecule has 0 heterocycles. The SMILES string of the molecule is COCC(=O)Nc1cccc(NCC(=O)NCc2ccc(OC)c(OC)c2)c1. The molecule has 0 spiro atoms. The minimum absolute atomic E-state index is 0.0177. The zero-order valence-corrected chi connectivity index (χ0v) is 16.2. The Balaban J connectivity index is 1.83. The predicted molar refractivity (Wildman–Crippen MR) is 107 cm³/mol. The van der Waals surface area contributed by atoms with Crippen LogP contribution in [0, 0.1) is 0 Å². The second-order valence-electron chi connectivity index (χ2n) is 5.88. The van der Waals surface area contributed by atoms with Crippen LogP contribution in [0.4, 0.5) is 11.4 Å². The number of ether oxygens (including phenoxy) is 3. The number of amides is 2. The van der Waals surface area contributed by atoms with Crippen molar-refractivity contribution in [3.05, 3.63) is 48.0 Å². The van der Waals surface area contributed by atoms with Crippen molar-refractivity contribution in [3.63, 3.8) is 0 Å². The average Bonchev–Trinajstić information content (AvgIpc) is 2.70. The molecule has 0 radical (unpaired) electrons. The van der Waals surface area contributed by atoms with Crippen LogP contribution in [0.5, 0.6) is 11.5 Å². The maximum atomic E-state index is 12.1. The van der Waals surface area contributed by atoms with Gasteiger partial charge in [-0.2, -0.15) is 0 Å². The maximum Gasteiger partial charge on any atom is 0.250 e. The summed E-state index contributed by atoms with van der Waals surface area (Å²) in [5.41, 5.74) is 2.24. The van der Waals surface area contributed by atoms with Crippen LogP contribution in [-0.2, 0) is 20.9 Å². The molecule has 28 heavy (non-hydrogen) atoms. The maximum absolute atomic E-state index is 12.1. The van der Waals surface area contributed by atoms with Crippen molar-refractivity contribution in [1.82, 2.24) is 5.32 Å². The highest BCUT2D eigenvalue weighted by Gasteiger charge is 2.07. The highest BCUT2D eigenvalue weighted by atomic mass is 16.5. The molecule has 3 N–H and O–H groups in total. The first-order valence-corrected chi connectivity index (χ1v) is 8.66. The van der Waals surface area contributed by atoms with Crippen molar-refractivity contribution in [3.8, 4) is 11.5 Å². The van der Waals surface area contributed by atoms with Crippen molar-refractivity contribution < 1.29 is 23.8 Å². The molecule has 8 nitrogen and oxygen atoms in total. The lowest BCUT2D eigenvalue weighted by atomic mass is 10.2. The zero-order chi connectivity index (χ0) is 20.4. The summed E-state index contributed by atoms with van der Waals surface area (Å²) in [7, 11) is 4.59. The number of nitrogens with one attached hydrogen (secondary N) is 3. The third kappa shape index (κ3) is 6.48. The number of carbonyl (C=O) groups is 2. The quantitative estimate of drug-likeness (QED) is 0.577. The second-order valence-corrected chi connectivity index (χ2v) is 5.88. The van der Waals surface area contributed by atoms with E-state index in [9.17, 15) is 9.59 Å². The van der Waals surface area contributed by atoms with Crippen LogP contribution in [0.25, 0.3) is 0 Å². The molecular weight excluding hydrogens is 362 g/mol. The monoisotopic (exact) mass is 387 g/mol. The molecule has 0 aliphatic carbocycles. The van der Waals surface area contributed by atoms with Crippen LogP contribution in [0.3, 0.4) is 0 Å². The third-order valence-corrected chi connectivity index (χ3v) is 3.81. The number of hydrogen-bond acceptors (Lipinski definition) is 6. The first kappa shape index (κ1) is 21.0. The minimum atomic E-state index is -0.243. The molecule has 8 heteroatoms. The number of benzene rings is 2. The molecule has 2 rings (SSSR count). The van der Waals surface area contributed by atoms with E-state index >= 15 is 0 Å². The summed E-state index contributed by atoms with van der Waals surface area (Å²) in [4.78, 5) is 23.7. The fraction of sp³-hybridized carbons (Fsp3) is 0.300. The van der Waals surface area contributed by atoms with E-state index in [-0.39, 0.29) is 25.0 Å². The van der Waals surface area contributed by atoms with E-state index in [0.29, 0.717) is 23.7 Å². The second kappa shape index (κ2) is 10.8. The molecule has 2 aromatic rings. The zero-order valence-electron chi connectivity index (χ0n) is 16.2. The van der Waals surface area contributed by atoms with Crippen LogP contribution in [-0.4, -0.2) is 46.3 Å². The van der Waals surface area contributed by atoms with Gasteiger partial charge in [0.25, 0.3) is 0 Å². The normalized spacial score (nSPS) is 10.1. The lowest BCUT2D eigenvalue weighted by Gasteiger charge is -2.11. The molecule has 2 aromatic carbocycles. The Morgan fingerprint density at radius 3 is 2.36 bits per heavy atom. The standard InChI is InChI=1S/C20H25N3O5/c1-26-13-20(25)23-16-6-4-5-15(10-16)21-12-19(24)22-11-14-7-8-17(27-2)18(9-14)28-3/h4-10,21H,11-13H2,1-3H3,(H,22,24)(H,23,25). The molecule has 0 atom stereocenters. The molecule has 0 aromatic heterocycles. The fourth-order valence-corrected chi connectivity index (χ4v) is 2.47. The van der Waals surface area contributed by atoms with Gasteiger partial charge in [0.2, 0.25) is 11.8 Å². The van der Waals surface area contributed by atoms with Gasteiger partial charge in [0.15, 0.2) is 11.5 Å². The number of rotatable bonds is 10. The molecule has 0 aliphatic rings. The summed E-state index contributed by atoms with van der Waals surface area (Å²) in [5, 5.41) is 8.58. The third-order valence-electron chi connectivity index (χ3n) is 3.81. The topological polar surface area (TPSA) is 97.9 Å². The first-order valence-electron chi connectivity index (χ1n) is 8.66. The Hall–Kier alpha value is -3.26. The van der Waals surface area contributed by atoms with E-state index in [0.717, 1.165) is 11.3 Å². The van der Waals surface area contributed by atoms with Gasteiger partial charge in [0.1, 0.15) is 6.61 Å². The van der Waals surface area contributed by atoms with Crippen LogP contribution in [0.15, 0.2) is 42.5 Å². The van der Waals surface area contributed by atoms with Gasteiger partial charge in [-0.15, -0.1) is 0 Å². The highest BCUT2D eigenvalue weighted by Crippen LogP contribution is 2.27. The van der Waals surface area contributed by atoms with Gasteiger partial charge in [-0.05, 0) is 35.9 Å². The van der Waals surface area contributed by atoms with Crippen LogP contribution >= 0.6 is 0 Å². The Bertz CT molecular complexity index is 810. The van der Waals surface area contributed by atoms with Crippen LogP contribution in [0.2, 0.25) is 0 Å². The summed E-state index contributed by atoms with van der Waals surface area (Å²) in [6.07, 6.45) is 0. The number of carbonyl (C=O) groups excluding carboxylic acids is 2. The van der Waals surface area contributed by atoms with Crippen molar-refractivity contribution in [2.24, 2.45) is 0 Å². The van der Waals surface area contributed by atoms with Crippen LogP contribution in [0.1, 0.15) is 5.56 Å². The van der Waals surface area contributed by atoms with Gasteiger partial charge in [0, 0.05) is 25.0 Å². The van der Waals surface area contributed by atoms with Gasteiger partial charge >= 0.3 is 0 Å². The van der Waals surface area contributed by atoms with Crippen molar-refractivity contribution >= 4 is 23.2 Å². The lowest BCUT2D eigenvalue weighted by molar-refractivity contribution is -0.120. The van der Waals surface area contributed by atoms with E-state index in [1.54, 1.807) is 38.5 Å². The number of anilines is 2. The predicted octanol–water partition coefficient (Wildman–Crippen LogP) is 2.02. The van der Waals surface area contributed by atoms with Gasteiger partial charge in [0.05, 0.1) is 20.8 Å². The molecule has 0 bridgehead atoms. The van der Waals surface area contributed by atoms with E-state index in [2.05, 4.69) is 16.0 Å². The summed E-state index contributed by atoms with van der Waals surface area (Å²) in [6.45, 7) is 0.451. The summed E-state index contributed by atoms with van der Waals surface area (Å²) < 4.78 is 15.2. The van der Waals surface area contributed by atoms with Gasteiger partial charge in [-0.1, -0.05) is 12.1 Å². The van der Waals surface area contributed by atoms with E-state index in [1.165, 1.54) is 7.11 Å². The van der Waals surface area contributed by atoms with Crippen LogP contribution < -0.4 is 25.4 Å². The summed E-state index contributed by atoms with van der Waals surface area (Å²) >= 11 is 0. The number of methoxy groups -OCH3 is 3. The first-order chi connectivity index (χ1) is 13.5. The Labute approximate surface area is 164 Å². The van der Waals surface area contributed by atoms with Crippen molar-refractivity contribution in [2.45, 2.75) is 6.54 Å². The molecule has 150 valence electrons.